The van der Waals surface area contributed by atoms with Crippen molar-refractivity contribution in [1.82, 2.24) is 0 Å². The number of hydrogen-bond donors (Lipinski definition) is 1. The van der Waals surface area contributed by atoms with E-state index in [-0.39, 0.29) is 17.8 Å². The second-order valence-corrected chi connectivity index (χ2v) is 6.03. The molecule has 0 fully saturated rings. The summed E-state index contributed by atoms with van der Waals surface area (Å²) in [6.07, 6.45) is 0.0545. The molecule has 2 rings (SSSR count). The quantitative estimate of drug-likeness (QED) is 0.487. The molecule has 1 amide bonds. The first-order valence-electron chi connectivity index (χ1n) is 8.03. The Morgan fingerprint density at radius 1 is 1.08 bits per heavy atom. The van der Waals surface area contributed by atoms with Crippen LogP contribution in [0.2, 0.25) is 0 Å². The first-order chi connectivity index (χ1) is 12.3. The number of carbonyl (C=O) groups is 2. The molecule has 2 aromatic carbocycles. The Morgan fingerprint density at radius 2 is 1.81 bits per heavy atom. The molecule has 0 unspecified atom stereocenters. The van der Waals surface area contributed by atoms with E-state index in [0.717, 1.165) is 16.7 Å². The van der Waals surface area contributed by atoms with Gasteiger partial charge in [0.25, 0.3) is 11.6 Å². The Bertz CT molecular complexity index is 861. The summed E-state index contributed by atoms with van der Waals surface area (Å²) in [5.74, 6) is -1.17. The molecule has 136 valence electrons. The number of para-hydroxylation sites is 1. The number of ether oxygens (including phenoxy) is 1. The number of amides is 1. The fraction of sp³-hybridized carbons (Fsp3) is 0.263. The van der Waals surface area contributed by atoms with Crippen LogP contribution in [0.3, 0.4) is 0 Å². The van der Waals surface area contributed by atoms with Crippen molar-refractivity contribution in [3.63, 3.8) is 0 Å². The predicted octanol–water partition coefficient (Wildman–Crippen LogP) is 3.24. The third-order valence-electron chi connectivity index (χ3n) is 4.00. The SMILES string of the molecule is Cc1ccc(CC(=O)OCC(=O)Nc2c(C)cccc2[N+](=O)[O-])cc1C. The van der Waals surface area contributed by atoms with Crippen molar-refractivity contribution in [1.29, 1.82) is 0 Å². The van der Waals surface area contributed by atoms with Gasteiger partial charge >= 0.3 is 5.97 Å². The summed E-state index contributed by atoms with van der Waals surface area (Å²) in [6.45, 7) is 5.07. The van der Waals surface area contributed by atoms with Crippen molar-refractivity contribution in [3.05, 3.63) is 68.8 Å². The van der Waals surface area contributed by atoms with Crippen LogP contribution >= 0.6 is 0 Å². The normalized spacial score (nSPS) is 10.3. The molecule has 26 heavy (non-hydrogen) atoms. The van der Waals surface area contributed by atoms with Crippen LogP contribution in [-0.4, -0.2) is 23.4 Å². The van der Waals surface area contributed by atoms with Gasteiger partial charge in [-0.3, -0.25) is 19.7 Å². The maximum absolute atomic E-state index is 12.0. The highest BCUT2D eigenvalue weighted by Gasteiger charge is 2.18. The van der Waals surface area contributed by atoms with Gasteiger partial charge in [-0.1, -0.05) is 30.3 Å². The van der Waals surface area contributed by atoms with Gasteiger partial charge in [0.05, 0.1) is 11.3 Å². The summed E-state index contributed by atoms with van der Waals surface area (Å²) < 4.78 is 4.97. The van der Waals surface area contributed by atoms with E-state index in [9.17, 15) is 19.7 Å². The highest BCUT2D eigenvalue weighted by molar-refractivity contribution is 5.95. The van der Waals surface area contributed by atoms with E-state index >= 15 is 0 Å². The minimum absolute atomic E-state index is 0.0545. The van der Waals surface area contributed by atoms with Gasteiger partial charge < -0.3 is 10.1 Å². The molecular weight excluding hydrogens is 336 g/mol. The molecule has 0 saturated heterocycles. The Hall–Kier alpha value is -3.22. The van der Waals surface area contributed by atoms with Gasteiger partial charge in [-0.05, 0) is 43.0 Å². The fourth-order valence-electron chi connectivity index (χ4n) is 2.42. The monoisotopic (exact) mass is 356 g/mol. The number of nitrogens with zero attached hydrogens (tertiary/aromatic N) is 1. The molecule has 0 spiro atoms. The number of rotatable bonds is 6. The van der Waals surface area contributed by atoms with Crippen molar-refractivity contribution < 1.29 is 19.2 Å². The number of nitrogens with one attached hydrogen (secondary N) is 1. The van der Waals surface area contributed by atoms with Crippen LogP contribution in [-0.2, 0) is 20.7 Å². The number of anilines is 1. The fourth-order valence-corrected chi connectivity index (χ4v) is 2.42. The Labute approximate surface area is 151 Å². The molecule has 2 aromatic rings. The van der Waals surface area contributed by atoms with Crippen LogP contribution in [0.25, 0.3) is 0 Å². The minimum Gasteiger partial charge on any atom is -0.455 e. The summed E-state index contributed by atoms with van der Waals surface area (Å²) in [7, 11) is 0. The molecule has 0 aliphatic rings. The lowest BCUT2D eigenvalue weighted by Crippen LogP contribution is -2.22. The summed E-state index contributed by atoms with van der Waals surface area (Å²) in [5, 5.41) is 13.5. The van der Waals surface area contributed by atoms with E-state index in [1.807, 2.05) is 32.0 Å². The Balaban J connectivity index is 1.94. The molecule has 0 heterocycles. The zero-order valence-corrected chi connectivity index (χ0v) is 14.9. The molecule has 1 N–H and O–H groups in total. The minimum atomic E-state index is -0.629. The molecule has 0 saturated carbocycles. The maximum atomic E-state index is 12.0. The third kappa shape index (κ3) is 4.89. The predicted molar refractivity (Wildman–Crippen MR) is 97.0 cm³/mol. The van der Waals surface area contributed by atoms with Crippen molar-refractivity contribution >= 4 is 23.3 Å². The lowest BCUT2D eigenvalue weighted by molar-refractivity contribution is -0.384. The second-order valence-electron chi connectivity index (χ2n) is 6.03. The van der Waals surface area contributed by atoms with Crippen molar-refractivity contribution in [3.8, 4) is 0 Å². The summed E-state index contributed by atoms with van der Waals surface area (Å²) >= 11 is 0. The van der Waals surface area contributed by atoms with Gasteiger partial charge in [0.2, 0.25) is 0 Å². The lowest BCUT2D eigenvalue weighted by atomic mass is 10.0. The number of nitro benzene ring substituents is 1. The van der Waals surface area contributed by atoms with Crippen LogP contribution in [0.4, 0.5) is 11.4 Å². The lowest BCUT2D eigenvalue weighted by Gasteiger charge is -2.10. The number of hydrogen-bond acceptors (Lipinski definition) is 5. The Morgan fingerprint density at radius 3 is 2.46 bits per heavy atom. The highest BCUT2D eigenvalue weighted by atomic mass is 16.6. The van der Waals surface area contributed by atoms with Crippen molar-refractivity contribution in [2.24, 2.45) is 0 Å². The molecule has 0 aliphatic heterocycles. The molecule has 0 atom stereocenters. The van der Waals surface area contributed by atoms with E-state index in [0.29, 0.717) is 5.56 Å². The molecule has 0 bridgehead atoms. The standard InChI is InChI=1S/C19H20N2O5/c1-12-7-8-15(9-14(12)3)10-18(23)26-11-17(22)20-19-13(2)5-4-6-16(19)21(24)25/h4-9H,10-11H2,1-3H3,(H,20,22). The first-order valence-corrected chi connectivity index (χ1v) is 8.03. The van der Waals surface area contributed by atoms with Gasteiger partial charge in [-0.25, -0.2) is 0 Å². The van der Waals surface area contributed by atoms with E-state index < -0.39 is 23.4 Å². The van der Waals surface area contributed by atoms with Crippen molar-refractivity contribution in [2.75, 3.05) is 11.9 Å². The highest BCUT2D eigenvalue weighted by Crippen LogP contribution is 2.27. The molecule has 7 heteroatoms. The second kappa shape index (κ2) is 8.24. The topological polar surface area (TPSA) is 98.5 Å². The van der Waals surface area contributed by atoms with E-state index in [1.165, 1.54) is 12.1 Å². The van der Waals surface area contributed by atoms with Crippen LogP contribution < -0.4 is 5.32 Å². The van der Waals surface area contributed by atoms with Gasteiger partial charge in [0.1, 0.15) is 5.69 Å². The number of esters is 1. The van der Waals surface area contributed by atoms with E-state index in [1.54, 1.807) is 13.0 Å². The van der Waals surface area contributed by atoms with Crippen LogP contribution in [0, 0.1) is 30.9 Å². The van der Waals surface area contributed by atoms with Gasteiger partial charge in [-0.2, -0.15) is 0 Å². The average molecular weight is 356 g/mol. The van der Waals surface area contributed by atoms with Crippen LogP contribution in [0.15, 0.2) is 36.4 Å². The Kier molecular flexibility index (Phi) is 6.06. The molecule has 0 radical (unpaired) electrons. The molecule has 7 nitrogen and oxygen atoms in total. The van der Waals surface area contributed by atoms with Crippen LogP contribution in [0.1, 0.15) is 22.3 Å². The van der Waals surface area contributed by atoms with E-state index in [4.69, 9.17) is 4.74 Å². The smallest absolute Gasteiger partial charge is 0.310 e. The van der Waals surface area contributed by atoms with Gasteiger partial charge in [-0.15, -0.1) is 0 Å². The summed E-state index contributed by atoms with van der Waals surface area (Å²) in [4.78, 5) is 34.4. The van der Waals surface area contributed by atoms with Crippen molar-refractivity contribution in [2.45, 2.75) is 27.2 Å². The first kappa shape index (κ1) is 19.1. The average Bonchev–Trinajstić information content (AvgIpc) is 2.58. The number of nitro groups is 1. The van der Waals surface area contributed by atoms with Gasteiger partial charge in [0.15, 0.2) is 6.61 Å². The number of carbonyl (C=O) groups excluding carboxylic acids is 2. The van der Waals surface area contributed by atoms with Crippen LogP contribution in [0.5, 0.6) is 0 Å². The zero-order chi connectivity index (χ0) is 19.3. The number of aryl methyl sites for hydroxylation is 3. The van der Waals surface area contributed by atoms with Gasteiger partial charge in [0, 0.05) is 6.07 Å². The largest absolute Gasteiger partial charge is 0.455 e. The maximum Gasteiger partial charge on any atom is 0.310 e. The number of benzene rings is 2. The summed E-state index contributed by atoms with van der Waals surface area (Å²) in [6, 6.07) is 10.1. The molecular formula is C19H20N2O5. The zero-order valence-electron chi connectivity index (χ0n) is 14.9. The van der Waals surface area contributed by atoms with E-state index in [2.05, 4.69) is 5.32 Å². The molecule has 0 aliphatic carbocycles. The summed E-state index contributed by atoms with van der Waals surface area (Å²) in [5.41, 5.74) is 3.44. The third-order valence-corrected chi connectivity index (χ3v) is 4.00. The molecule has 0 aromatic heterocycles.